The average molecular weight is 250 g/mol. The molecule has 0 fully saturated rings. The van der Waals surface area contributed by atoms with Gasteiger partial charge in [0, 0.05) is 12.2 Å². The fourth-order valence-electron chi connectivity index (χ4n) is 2.38. The highest BCUT2D eigenvalue weighted by atomic mass is 16.5. The molecule has 1 atom stereocenters. The van der Waals surface area contributed by atoms with Crippen molar-refractivity contribution in [1.29, 1.82) is 0 Å². The molecular formula is C15H26N2O. The molecule has 0 amide bonds. The van der Waals surface area contributed by atoms with Gasteiger partial charge in [0.1, 0.15) is 5.75 Å². The van der Waals surface area contributed by atoms with Crippen LogP contribution in [0.3, 0.4) is 0 Å². The number of ether oxygens (including phenoxy) is 1. The minimum Gasteiger partial charge on any atom is -0.489 e. The molecule has 102 valence electrons. The first-order valence-corrected chi connectivity index (χ1v) is 6.91. The third-order valence-electron chi connectivity index (χ3n) is 3.30. The van der Waals surface area contributed by atoms with Crippen molar-refractivity contribution in [3.8, 4) is 5.75 Å². The molecule has 0 aromatic carbocycles. The highest BCUT2D eigenvalue weighted by Gasteiger charge is 2.19. The van der Waals surface area contributed by atoms with Gasteiger partial charge in [-0.2, -0.15) is 0 Å². The summed E-state index contributed by atoms with van der Waals surface area (Å²) in [5.74, 6) is 1.49. The molecule has 0 aliphatic carbocycles. The predicted octanol–water partition coefficient (Wildman–Crippen LogP) is 3.57. The van der Waals surface area contributed by atoms with E-state index in [4.69, 9.17) is 4.74 Å². The van der Waals surface area contributed by atoms with E-state index < -0.39 is 0 Å². The molecule has 0 aliphatic rings. The van der Waals surface area contributed by atoms with Crippen molar-refractivity contribution in [2.75, 3.05) is 7.05 Å². The molecule has 18 heavy (non-hydrogen) atoms. The number of pyridine rings is 1. The van der Waals surface area contributed by atoms with E-state index in [-0.39, 0.29) is 6.10 Å². The van der Waals surface area contributed by atoms with Gasteiger partial charge >= 0.3 is 0 Å². The molecule has 0 radical (unpaired) electrons. The van der Waals surface area contributed by atoms with Crippen LogP contribution in [0.25, 0.3) is 0 Å². The maximum absolute atomic E-state index is 5.71. The Balaban J connectivity index is 2.91. The van der Waals surface area contributed by atoms with Gasteiger partial charge < -0.3 is 10.1 Å². The Morgan fingerprint density at radius 3 is 2.39 bits per heavy atom. The second kappa shape index (κ2) is 7.37. The molecule has 0 saturated carbocycles. The SMILES string of the molecule is CCC(CC)C(NC)c1cncc(OC(C)C)c1. The number of hydrogen-bond acceptors (Lipinski definition) is 3. The average Bonchev–Trinajstić information content (AvgIpc) is 2.35. The van der Waals surface area contributed by atoms with Crippen molar-refractivity contribution < 1.29 is 4.74 Å². The summed E-state index contributed by atoms with van der Waals surface area (Å²) in [4.78, 5) is 4.29. The molecule has 3 heteroatoms. The molecule has 1 aromatic rings. The van der Waals surface area contributed by atoms with Crippen LogP contribution < -0.4 is 10.1 Å². The molecule has 3 nitrogen and oxygen atoms in total. The van der Waals surface area contributed by atoms with Gasteiger partial charge in [-0.3, -0.25) is 4.98 Å². The summed E-state index contributed by atoms with van der Waals surface area (Å²) < 4.78 is 5.71. The van der Waals surface area contributed by atoms with E-state index in [9.17, 15) is 0 Å². The van der Waals surface area contributed by atoms with Gasteiger partial charge in [0.25, 0.3) is 0 Å². The third-order valence-corrected chi connectivity index (χ3v) is 3.30. The van der Waals surface area contributed by atoms with E-state index in [1.807, 2.05) is 27.1 Å². The summed E-state index contributed by atoms with van der Waals surface area (Å²) in [5, 5.41) is 3.41. The molecule has 0 bridgehead atoms. The normalized spacial score (nSPS) is 13.1. The van der Waals surface area contributed by atoms with E-state index in [1.165, 1.54) is 5.56 Å². The lowest BCUT2D eigenvalue weighted by Crippen LogP contribution is -2.24. The van der Waals surface area contributed by atoms with Crippen LogP contribution in [0.5, 0.6) is 5.75 Å². The molecule has 1 aromatic heterocycles. The van der Waals surface area contributed by atoms with Gasteiger partial charge in [0.15, 0.2) is 0 Å². The van der Waals surface area contributed by atoms with Crippen LogP contribution in [0, 0.1) is 5.92 Å². The lowest BCUT2D eigenvalue weighted by Gasteiger charge is -2.25. The smallest absolute Gasteiger partial charge is 0.138 e. The van der Waals surface area contributed by atoms with Crippen molar-refractivity contribution in [3.63, 3.8) is 0 Å². The molecular weight excluding hydrogens is 224 g/mol. The monoisotopic (exact) mass is 250 g/mol. The van der Waals surface area contributed by atoms with Crippen molar-refractivity contribution in [3.05, 3.63) is 24.0 Å². The fourth-order valence-corrected chi connectivity index (χ4v) is 2.38. The quantitative estimate of drug-likeness (QED) is 0.803. The van der Waals surface area contributed by atoms with Crippen LogP contribution >= 0.6 is 0 Å². The van der Waals surface area contributed by atoms with Gasteiger partial charge in [-0.15, -0.1) is 0 Å². The molecule has 0 spiro atoms. The second-order valence-electron chi connectivity index (χ2n) is 4.96. The summed E-state index contributed by atoms with van der Waals surface area (Å²) in [7, 11) is 2.01. The van der Waals surface area contributed by atoms with Crippen molar-refractivity contribution >= 4 is 0 Å². The number of aromatic nitrogens is 1. The second-order valence-corrected chi connectivity index (χ2v) is 4.96. The van der Waals surface area contributed by atoms with E-state index in [1.54, 1.807) is 6.20 Å². The Labute approximate surface area is 111 Å². The molecule has 0 aliphatic heterocycles. The maximum atomic E-state index is 5.71. The summed E-state index contributed by atoms with van der Waals surface area (Å²) >= 11 is 0. The van der Waals surface area contributed by atoms with Crippen LogP contribution in [0.2, 0.25) is 0 Å². The summed E-state index contributed by atoms with van der Waals surface area (Å²) in [6.45, 7) is 8.53. The minimum absolute atomic E-state index is 0.184. The van der Waals surface area contributed by atoms with Crippen LogP contribution in [0.15, 0.2) is 18.5 Å². The maximum Gasteiger partial charge on any atom is 0.138 e. The lowest BCUT2D eigenvalue weighted by molar-refractivity contribution is 0.240. The Bertz CT molecular complexity index is 348. The molecule has 1 rings (SSSR count). The summed E-state index contributed by atoms with van der Waals surface area (Å²) in [6, 6.07) is 2.45. The molecule has 1 unspecified atom stereocenters. The molecule has 1 N–H and O–H groups in total. The third kappa shape index (κ3) is 3.98. The topological polar surface area (TPSA) is 34.2 Å². The van der Waals surface area contributed by atoms with E-state index in [0.29, 0.717) is 12.0 Å². The van der Waals surface area contributed by atoms with Gasteiger partial charge in [-0.25, -0.2) is 0 Å². The number of nitrogens with zero attached hydrogens (tertiary/aromatic N) is 1. The van der Waals surface area contributed by atoms with Gasteiger partial charge in [-0.05, 0) is 38.4 Å². The fraction of sp³-hybridized carbons (Fsp3) is 0.667. The Morgan fingerprint density at radius 1 is 1.22 bits per heavy atom. The number of hydrogen-bond donors (Lipinski definition) is 1. The summed E-state index contributed by atoms with van der Waals surface area (Å²) in [6.07, 6.45) is 6.23. The van der Waals surface area contributed by atoms with Crippen molar-refractivity contribution in [1.82, 2.24) is 10.3 Å². The highest BCUT2D eigenvalue weighted by Crippen LogP contribution is 2.28. The Morgan fingerprint density at radius 2 is 1.89 bits per heavy atom. The zero-order valence-electron chi connectivity index (χ0n) is 12.2. The molecule has 0 saturated heterocycles. The minimum atomic E-state index is 0.184. The number of rotatable bonds is 7. The first-order valence-electron chi connectivity index (χ1n) is 6.91. The first-order chi connectivity index (χ1) is 8.62. The van der Waals surface area contributed by atoms with Crippen LogP contribution in [-0.4, -0.2) is 18.1 Å². The van der Waals surface area contributed by atoms with Gasteiger partial charge in [-0.1, -0.05) is 26.7 Å². The van der Waals surface area contributed by atoms with Crippen molar-refractivity contribution in [2.24, 2.45) is 5.92 Å². The van der Waals surface area contributed by atoms with E-state index in [0.717, 1.165) is 18.6 Å². The van der Waals surface area contributed by atoms with Gasteiger partial charge in [0.05, 0.1) is 12.3 Å². The van der Waals surface area contributed by atoms with Gasteiger partial charge in [0.2, 0.25) is 0 Å². The summed E-state index contributed by atoms with van der Waals surface area (Å²) in [5.41, 5.74) is 1.21. The Kier molecular flexibility index (Phi) is 6.13. The Hall–Kier alpha value is -1.09. The number of nitrogens with one attached hydrogen (secondary N) is 1. The van der Waals surface area contributed by atoms with Crippen LogP contribution in [0.1, 0.15) is 52.1 Å². The van der Waals surface area contributed by atoms with Crippen LogP contribution in [0.4, 0.5) is 0 Å². The highest BCUT2D eigenvalue weighted by molar-refractivity contribution is 5.26. The van der Waals surface area contributed by atoms with E-state index >= 15 is 0 Å². The van der Waals surface area contributed by atoms with Crippen molar-refractivity contribution in [2.45, 2.75) is 52.7 Å². The van der Waals surface area contributed by atoms with Crippen LogP contribution in [-0.2, 0) is 0 Å². The molecule has 1 heterocycles. The first kappa shape index (κ1) is 15.0. The zero-order valence-corrected chi connectivity index (χ0v) is 12.2. The zero-order chi connectivity index (χ0) is 13.5. The standard InChI is InChI=1S/C15H26N2O/c1-6-12(7-2)15(16-5)13-8-14(10-17-9-13)18-11(3)4/h8-12,15-16H,6-7H2,1-5H3. The predicted molar refractivity (Wildman–Crippen MR) is 75.9 cm³/mol. The largest absolute Gasteiger partial charge is 0.489 e. The lowest BCUT2D eigenvalue weighted by atomic mass is 9.90. The van der Waals surface area contributed by atoms with E-state index in [2.05, 4.69) is 30.2 Å².